The Balaban J connectivity index is 1.53. The largest absolute Gasteiger partial charge is 0.481 e. The minimum Gasteiger partial charge on any atom is -0.481 e. The van der Waals surface area contributed by atoms with E-state index in [4.69, 9.17) is 5.11 Å². The summed E-state index contributed by atoms with van der Waals surface area (Å²) in [5, 5.41) is 11.4. The normalized spacial score (nSPS) is 18.2. The SMILES string of the molecule is O=C(O)CCCNC(=O)C1CCN(S(=O)(=O)c2ccc3c(c2)CCC3)CC1. The van der Waals surface area contributed by atoms with Crippen molar-refractivity contribution in [3.63, 3.8) is 0 Å². The van der Waals surface area contributed by atoms with E-state index in [0.717, 1.165) is 24.8 Å². The number of rotatable bonds is 7. The van der Waals surface area contributed by atoms with Crippen LogP contribution in [0.2, 0.25) is 0 Å². The van der Waals surface area contributed by atoms with Crippen molar-refractivity contribution < 1.29 is 23.1 Å². The van der Waals surface area contributed by atoms with Gasteiger partial charge in [0, 0.05) is 32.0 Å². The summed E-state index contributed by atoms with van der Waals surface area (Å²) in [7, 11) is -3.53. The van der Waals surface area contributed by atoms with Gasteiger partial charge in [-0.05, 0) is 61.8 Å². The fourth-order valence-corrected chi connectivity index (χ4v) is 5.33. The molecule has 8 heteroatoms. The van der Waals surface area contributed by atoms with E-state index < -0.39 is 16.0 Å². The molecule has 0 atom stereocenters. The standard InChI is InChI=1S/C19H26N2O5S/c22-18(23)5-2-10-20-19(24)15-8-11-21(12-9-15)27(25,26)17-7-6-14-3-1-4-16(14)13-17/h6-7,13,15H,1-5,8-12H2,(H,20,24)(H,22,23). The van der Waals surface area contributed by atoms with Crippen molar-refractivity contribution in [3.8, 4) is 0 Å². The number of piperidine rings is 1. The molecule has 2 aliphatic rings. The van der Waals surface area contributed by atoms with Gasteiger partial charge in [-0.25, -0.2) is 8.42 Å². The molecule has 27 heavy (non-hydrogen) atoms. The molecular formula is C19H26N2O5S. The van der Waals surface area contributed by atoms with Gasteiger partial charge in [0.2, 0.25) is 15.9 Å². The number of amides is 1. The van der Waals surface area contributed by atoms with Gasteiger partial charge in [-0.1, -0.05) is 6.07 Å². The van der Waals surface area contributed by atoms with Gasteiger partial charge in [0.1, 0.15) is 0 Å². The van der Waals surface area contributed by atoms with Gasteiger partial charge in [-0.3, -0.25) is 9.59 Å². The fourth-order valence-electron chi connectivity index (χ4n) is 3.81. The number of hydrogen-bond donors (Lipinski definition) is 2. The summed E-state index contributed by atoms with van der Waals surface area (Å²) in [5.74, 6) is -1.22. The molecule has 0 aromatic heterocycles. The van der Waals surface area contributed by atoms with Crippen LogP contribution in [0, 0.1) is 5.92 Å². The highest BCUT2D eigenvalue weighted by atomic mass is 32.2. The second-order valence-corrected chi connectivity index (χ2v) is 9.19. The van der Waals surface area contributed by atoms with Gasteiger partial charge in [-0.15, -0.1) is 0 Å². The smallest absolute Gasteiger partial charge is 0.303 e. The van der Waals surface area contributed by atoms with E-state index in [2.05, 4.69) is 5.32 Å². The van der Waals surface area contributed by atoms with Crippen molar-refractivity contribution in [2.45, 2.75) is 49.8 Å². The second-order valence-electron chi connectivity index (χ2n) is 7.25. The molecule has 0 unspecified atom stereocenters. The molecule has 0 bridgehead atoms. The molecule has 1 aromatic rings. The van der Waals surface area contributed by atoms with Crippen LogP contribution >= 0.6 is 0 Å². The molecule has 1 saturated heterocycles. The van der Waals surface area contributed by atoms with Gasteiger partial charge in [0.25, 0.3) is 0 Å². The molecule has 1 aliphatic heterocycles. The van der Waals surface area contributed by atoms with Crippen molar-refractivity contribution in [2.24, 2.45) is 5.92 Å². The lowest BCUT2D eigenvalue weighted by atomic mass is 9.97. The molecule has 1 aliphatic carbocycles. The molecule has 0 spiro atoms. The Morgan fingerprint density at radius 3 is 2.56 bits per heavy atom. The monoisotopic (exact) mass is 394 g/mol. The molecule has 1 aromatic carbocycles. The van der Waals surface area contributed by atoms with E-state index in [9.17, 15) is 18.0 Å². The highest BCUT2D eigenvalue weighted by Crippen LogP contribution is 2.28. The average molecular weight is 394 g/mol. The van der Waals surface area contributed by atoms with Crippen molar-refractivity contribution in [1.29, 1.82) is 0 Å². The minimum atomic E-state index is -3.53. The first-order valence-electron chi connectivity index (χ1n) is 9.49. The molecule has 1 amide bonds. The number of nitrogens with one attached hydrogen (secondary N) is 1. The van der Waals surface area contributed by atoms with E-state index in [0.29, 0.717) is 43.8 Å². The first kappa shape index (κ1) is 19.8. The third-order valence-electron chi connectivity index (χ3n) is 5.40. The molecule has 148 valence electrons. The predicted molar refractivity (Wildman–Crippen MR) is 99.8 cm³/mol. The van der Waals surface area contributed by atoms with E-state index >= 15 is 0 Å². The molecule has 3 rings (SSSR count). The summed E-state index contributed by atoms with van der Waals surface area (Å²) in [6, 6.07) is 5.42. The van der Waals surface area contributed by atoms with E-state index in [1.807, 2.05) is 6.07 Å². The third-order valence-corrected chi connectivity index (χ3v) is 7.29. The topological polar surface area (TPSA) is 104 Å². The van der Waals surface area contributed by atoms with Crippen LogP contribution in [-0.2, 0) is 32.5 Å². The lowest BCUT2D eigenvalue weighted by Gasteiger charge is -2.30. The molecule has 0 saturated carbocycles. The predicted octanol–water partition coefficient (Wildman–Crippen LogP) is 1.56. The lowest BCUT2D eigenvalue weighted by molar-refractivity contribution is -0.137. The third kappa shape index (κ3) is 4.68. The Bertz CT molecular complexity index is 813. The quantitative estimate of drug-likeness (QED) is 0.683. The Morgan fingerprint density at radius 1 is 1.15 bits per heavy atom. The number of aliphatic carboxylic acids is 1. The van der Waals surface area contributed by atoms with Gasteiger partial charge in [-0.2, -0.15) is 4.31 Å². The number of hydrogen-bond acceptors (Lipinski definition) is 4. The summed E-state index contributed by atoms with van der Waals surface area (Å²) < 4.78 is 27.3. The Hall–Kier alpha value is -1.93. The number of fused-ring (bicyclic) bond motifs is 1. The average Bonchev–Trinajstić information content (AvgIpc) is 3.13. The summed E-state index contributed by atoms with van der Waals surface area (Å²) in [5.41, 5.74) is 2.37. The van der Waals surface area contributed by atoms with Crippen LogP contribution in [0.15, 0.2) is 23.1 Å². The van der Waals surface area contributed by atoms with Crippen molar-refractivity contribution in [1.82, 2.24) is 9.62 Å². The minimum absolute atomic E-state index is 0.0255. The summed E-state index contributed by atoms with van der Waals surface area (Å²) in [4.78, 5) is 23.0. The number of carbonyl (C=O) groups is 2. The Labute approximate surface area is 159 Å². The Kier molecular flexibility index (Phi) is 6.16. The molecular weight excluding hydrogens is 368 g/mol. The molecule has 2 N–H and O–H groups in total. The van der Waals surface area contributed by atoms with Crippen LogP contribution in [0.4, 0.5) is 0 Å². The zero-order valence-electron chi connectivity index (χ0n) is 15.3. The number of nitrogens with zero attached hydrogens (tertiary/aromatic N) is 1. The number of carboxylic acid groups (broad SMARTS) is 1. The first-order valence-corrected chi connectivity index (χ1v) is 10.9. The molecule has 7 nitrogen and oxygen atoms in total. The zero-order chi connectivity index (χ0) is 19.4. The van der Waals surface area contributed by atoms with Crippen LogP contribution in [0.1, 0.15) is 43.2 Å². The molecule has 0 radical (unpaired) electrons. The number of carboxylic acids is 1. The maximum Gasteiger partial charge on any atom is 0.303 e. The zero-order valence-corrected chi connectivity index (χ0v) is 16.1. The number of carbonyl (C=O) groups excluding carboxylic acids is 1. The molecule has 1 heterocycles. The van der Waals surface area contributed by atoms with E-state index in [-0.39, 0.29) is 18.2 Å². The number of benzene rings is 1. The first-order chi connectivity index (χ1) is 12.9. The maximum absolute atomic E-state index is 12.9. The summed E-state index contributed by atoms with van der Waals surface area (Å²) in [6.07, 6.45) is 4.41. The fraction of sp³-hybridized carbons (Fsp3) is 0.579. The van der Waals surface area contributed by atoms with Crippen LogP contribution in [0.3, 0.4) is 0 Å². The highest BCUT2D eigenvalue weighted by Gasteiger charge is 2.32. The van der Waals surface area contributed by atoms with Gasteiger partial charge in [0.15, 0.2) is 0 Å². The van der Waals surface area contributed by atoms with Crippen molar-refractivity contribution in [3.05, 3.63) is 29.3 Å². The van der Waals surface area contributed by atoms with Crippen LogP contribution < -0.4 is 5.32 Å². The van der Waals surface area contributed by atoms with E-state index in [1.54, 1.807) is 12.1 Å². The second kappa shape index (κ2) is 8.39. The number of aryl methyl sites for hydroxylation is 2. The number of sulfonamides is 1. The van der Waals surface area contributed by atoms with Gasteiger partial charge in [0.05, 0.1) is 4.90 Å². The van der Waals surface area contributed by atoms with Gasteiger partial charge >= 0.3 is 5.97 Å². The highest BCUT2D eigenvalue weighted by molar-refractivity contribution is 7.89. The molecule has 1 fully saturated rings. The summed E-state index contributed by atoms with van der Waals surface area (Å²) >= 11 is 0. The van der Waals surface area contributed by atoms with Crippen molar-refractivity contribution in [2.75, 3.05) is 19.6 Å². The lowest BCUT2D eigenvalue weighted by Crippen LogP contribution is -2.43. The van der Waals surface area contributed by atoms with Crippen LogP contribution in [-0.4, -0.2) is 49.3 Å². The van der Waals surface area contributed by atoms with Crippen LogP contribution in [0.5, 0.6) is 0 Å². The maximum atomic E-state index is 12.9. The van der Waals surface area contributed by atoms with E-state index in [1.165, 1.54) is 9.87 Å². The Morgan fingerprint density at radius 2 is 1.85 bits per heavy atom. The van der Waals surface area contributed by atoms with Crippen LogP contribution in [0.25, 0.3) is 0 Å². The van der Waals surface area contributed by atoms with Crippen molar-refractivity contribution >= 4 is 21.9 Å². The van der Waals surface area contributed by atoms with Gasteiger partial charge < -0.3 is 10.4 Å². The summed E-state index contributed by atoms with van der Waals surface area (Å²) in [6.45, 7) is 0.984.